The number of nitrogens with two attached hydrogens (primary N) is 2. The molecule has 2 nitrogen and oxygen atoms in total. The van der Waals surface area contributed by atoms with Crippen molar-refractivity contribution in [1.82, 2.24) is 0 Å². The summed E-state index contributed by atoms with van der Waals surface area (Å²) < 4.78 is 0. The normalized spacial score (nSPS) is 2.00. The van der Waals surface area contributed by atoms with Crippen LogP contribution in [0.25, 0.3) is 0 Å². The summed E-state index contributed by atoms with van der Waals surface area (Å²) in [5, 5.41) is 0. The Labute approximate surface area is 62.8 Å². The Hall–Kier alpha value is 1.09. The van der Waals surface area contributed by atoms with Crippen molar-refractivity contribution in [2.45, 2.75) is 0 Å². The van der Waals surface area contributed by atoms with E-state index in [1.165, 1.54) is 14.1 Å². The smallest absolute Gasteiger partial charge is 0 e. The predicted octanol–water partition coefficient (Wildman–Crippen LogP) is -0.855. The van der Waals surface area contributed by atoms with Crippen LogP contribution in [0.4, 0.5) is 0 Å². The van der Waals surface area contributed by atoms with Crippen molar-refractivity contribution in [2.24, 2.45) is 11.5 Å². The summed E-state index contributed by atoms with van der Waals surface area (Å²) in [4.78, 5) is 0. The molecule has 0 atom stereocenters. The maximum absolute atomic E-state index is 4.50. The molecule has 0 spiro atoms. The predicted molar refractivity (Wildman–Crippen MR) is 20.2 cm³/mol. The first kappa shape index (κ1) is 27.5. The van der Waals surface area contributed by atoms with Crippen LogP contribution < -0.4 is 11.5 Å². The van der Waals surface area contributed by atoms with Gasteiger partial charge in [0.1, 0.15) is 0 Å². The van der Waals surface area contributed by atoms with Crippen LogP contribution in [0, 0.1) is 0 Å². The molecule has 6 heavy (non-hydrogen) atoms. The van der Waals surface area contributed by atoms with Gasteiger partial charge in [0.05, 0.1) is 0 Å². The van der Waals surface area contributed by atoms with Crippen LogP contribution in [-0.4, -0.2) is 14.1 Å². The minimum Gasteiger partial charge on any atom is -0.333 e. The van der Waals surface area contributed by atoms with Gasteiger partial charge in [0.15, 0.2) is 0 Å². The van der Waals surface area contributed by atoms with Crippen LogP contribution in [0.15, 0.2) is 0 Å². The second kappa shape index (κ2) is 133. The zero-order valence-electron chi connectivity index (χ0n) is 4.05. The summed E-state index contributed by atoms with van der Waals surface area (Å²) in [6, 6.07) is 0. The van der Waals surface area contributed by atoms with Gasteiger partial charge < -0.3 is 11.5 Å². The summed E-state index contributed by atoms with van der Waals surface area (Å²) >= 11 is 0. The van der Waals surface area contributed by atoms with Crippen LogP contribution >= 0.6 is 0 Å². The average molecular weight is 164 g/mol. The molecule has 0 heterocycles. The maximum atomic E-state index is 4.50. The van der Waals surface area contributed by atoms with Crippen LogP contribution in [0.2, 0.25) is 0 Å². The van der Waals surface area contributed by atoms with E-state index in [0.29, 0.717) is 0 Å². The van der Waals surface area contributed by atoms with Crippen LogP contribution in [0.1, 0.15) is 0 Å². The van der Waals surface area contributed by atoms with Crippen LogP contribution in [0.5, 0.6) is 0 Å². The number of rotatable bonds is 0. The molecule has 0 rings (SSSR count). The Bertz CT molecular complexity index is 9.51. The maximum Gasteiger partial charge on any atom is 0 e. The Morgan fingerprint density at radius 1 is 0.667 bits per heavy atom. The fourth-order valence-electron chi connectivity index (χ4n) is 0. The summed E-state index contributed by atoms with van der Waals surface area (Å²) in [7, 11) is 3.00. The largest absolute Gasteiger partial charge is 0.333 e. The first-order valence-corrected chi connectivity index (χ1v) is 1.15. The topological polar surface area (TPSA) is 52.0 Å². The van der Waals surface area contributed by atoms with Crippen molar-refractivity contribution in [3.8, 4) is 0 Å². The standard InChI is InChI=1S/2CH5N.2V/c2*1-2;;/h2*2H2,1H3;;. The second-order valence-corrected chi connectivity index (χ2v) is 0. The van der Waals surface area contributed by atoms with Crippen LogP contribution in [-0.2, 0) is 37.1 Å². The molecule has 0 aliphatic carbocycles. The van der Waals surface area contributed by atoms with E-state index in [9.17, 15) is 0 Å². The van der Waals surface area contributed by atoms with Crippen molar-refractivity contribution < 1.29 is 37.1 Å². The van der Waals surface area contributed by atoms with E-state index >= 15 is 0 Å². The van der Waals surface area contributed by atoms with Gasteiger partial charge >= 0.3 is 0 Å². The first-order chi connectivity index (χ1) is 2.00. The Morgan fingerprint density at radius 2 is 0.667 bits per heavy atom. The van der Waals surface area contributed by atoms with Crippen molar-refractivity contribution >= 4 is 0 Å². The Morgan fingerprint density at radius 3 is 0.667 bits per heavy atom. The van der Waals surface area contributed by atoms with Gasteiger partial charge in [-0.05, 0) is 14.1 Å². The molecule has 0 aromatic carbocycles. The third kappa shape index (κ3) is 71.8. The molecular weight excluding hydrogens is 154 g/mol. The van der Waals surface area contributed by atoms with Gasteiger partial charge in [0.25, 0.3) is 0 Å². The molecule has 0 amide bonds. The van der Waals surface area contributed by atoms with E-state index in [0.717, 1.165) is 0 Å². The van der Waals surface area contributed by atoms with E-state index in [4.69, 9.17) is 0 Å². The van der Waals surface area contributed by atoms with E-state index in [1.54, 1.807) is 0 Å². The number of hydrogen-bond donors (Lipinski definition) is 2. The quantitative estimate of drug-likeness (QED) is 0.489. The van der Waals surface area contributed by atoms with Gasteiger partial charge in [-0.3, -0.25) is 0 Å². The number of hydrogen-bond acceptors (Lipinski definition) is 2. The Balaban J connectivity index is -0.00000000500. The molecule has 4 N–H and O–H groups in total. The molecule has 4 heteroatoms. The van der Waals surface area contributed by atoms with E-state index in [-0.39, 0.29) is 37.1 Å². The van der Waals surface area contributed by atoms with Gasteiger partial charge in [0, 0.05) is 37.1 Å². The van der Waals surface area contributed by atoms with Gasteiger partial charge in [0.2, 0.25) is 0 Å². The third-order valence-corrected chi connectivity index (χ3v) is 0. The Kier molecular flexibility index (Phi) is 611. The molecule has 0 aromatic heterocycles. The summed E-state index contributed by atoms with van der Waals surface area (Å²) in [6.45, 7) is 0. The fraction of sp³-hybridized carbons (Fsp3) is 1.00. The van der Waals surface area contributed by atoms with Gasteiger partial charge in [-0.2, -0.15) is 0 Å². The molecule has 0 aromatic rings. The van der Waals surface area contributed by atoms with Crippen molar-refractivity contribution in [1.29, 1.82) is 0 Å². The van der Waals surface area contributed by atoms with Gasteiger partial charge in [-0.25, -0.2) is 0 Å². The fourth-order valence-corrected chi connectivity index (χ4v) is 0. The molecule has 0 unspecified atom stereocenters. The summed E-state index contributed by atoms with van der Waals surface area (Å²) in [5.74, 6) is 0. The van der Waals surface area contributed by atoms with Gasteiger partial charge in [-0.15, -0.1) is 0 Å². The van der Waals surface area contributed by atoms with Crippen molar-refractivity contribution in [3.63, 3.8) is 0 Å². The van der Waals surface area contributed by atoms with Crippen LogP contribution in [0.3, 0.4) is 0 Å². The molecule has 0 saturated carbocycles. The second-order valence-electron chi connectivity index (χ2n) is 0. The SMILES string of the molecule is CN.CN.[V].[V]. The molecule has 38 valence electrons. The zero-order chi connectivity index (χ0) is 4.00. The minimum absolute atomic E-state index is 0. The summed E-state index contributed by atoms with van der Waals surface area (Å²) in [5.41, 5.74) is 9.00. The van der Waals surface area contributed by atoms with Crippen molar-refractivity contribution in [2.75, 3.05) is 14.1 Å². The molecular formula is C2H10N2V2. The molecule has 0 fully saturated rings. The van der Waals surface area contributed by atoms with Gasteiger partial charge in [-0.1, -0.05) is 0 Å². The third-order valence-electron chi connectivity index (χ3n) is 0. The minimum atomic E-state index is 0. The first-order valence-electron chi connectivity index (χ1n) is 1.15. The average Bonchev–Trinajstić information content (AvgIpc) is 1.50. The molecule has 0 aliphatic rings. The van der Waals surface area contributed by atoms with E-state index in [2.05, 4.69) is 11.5 Å². The van der Waals surface area contributed by atoms with E-state index in [1.807, 2.05) is 0 Å². The molecule has 2 radical (unpaired) electrons. The zero-order valence-corrected chi connectivity index (χ0v) is 6.84. The molecule has 0 aliphatic heterocycles. The summed E-state index contributed by atoms with van der Waals surface area (Å²) in [6.07, 6.45) is 0. The monoisotopic (exact) mass is 164 g/mol. The van der Waals surface area contributed by atoms with Crippen molar-refractivity contribution in [3.05, 3.63) is 0 Å². The molecule has 0 bridgehead atoms. The molecule has 0 saturated heterocycles. The van der Waals surface area contributed by atoms with E-state index < -0.39 is 0 Å².